The maximum atomic E-state index is 11.1. The van der Waals surface area contributed by atoms with E-state index in [1.807, 2.05) is 24.3 Å². The number of carboxylic acids is 1. The zero-order valence-corrected chi connectivity index (χ0v) is 11.8. The first-order valence-corrected chi connectivity index (χ1v) is 6.46. The monoisotopic (exact) mass is 316 g/mol. The molecule has 2 unspecified atom stereocenters. The predicted molar refractivity (Wildman–Crippen MR) is 71.5 cm³/mol. The SMILES string of the molecule is COCC(O)CC(Cc1ccc(Br)cc1)C(=O)O. The number of halogens is 1. The van der Waals surface area contributed by atoms with Gasteiger partial charge in [0.15, 0.2) is 0 Å². The van der Waals surface area contributed by atoms with E-state index in [2.05, 4.69) is 15.9 Å². The average molecular weight is 317 g/mol. The van der Waals surface area contributed by atoms with E-state index in [0.717, 1.165) is 10.0 Å². The molecule has 1 rings (SSSR count). The van der Waals surface area contributed by atoms with Crippen molar-refractivity contribution in [1.29, 1.82) is 0 Å². The first kappa shape index (κ1) is 15.1. The Morgan fingerprint density at radius 2 is 2.00 bits per heavy atom. The maximum Gasteiger partial charge on any atom is 0.306 e. The minimum Gasteiger partial charge on any atom is -0.481 e. The van der Waals surface area contributed by atoms with Gasteiger partial charge in [-0.1, -0.05) is 28.1 Å². The Balaban J connectivity index is 2.62. The van der Waals surface area contributed by atoms with Gasteiger partial charge in [-0.2, -0.15) is 0 Å². The number of hydrogen-bond acceptors (Lipinski definition) is 3. The molecule has 2 N–H and O–H groups in total. The maximum absolute atomic E-state index is 11.1. The molecule has 0 fully saturated rings. The van der Waals surface area contributed by atoms with Crippen LogP contribution in [0.1, 0.15) is 12.0 Å². The van der Waals surface area contributed by atoms with Crippen LogP contribution in [0.4, 0.5) is 0 Å². The molecular weight excluding hydrogens is 300 g/mol. The molecule has 0 amide bonds. The van der Waals surface area contributed by atoms with Gasteiger partial charge in [-0.25, -0.2) is 0 Å². The fourth-order valence-electron chi connectivity index (χ4n) is 1.77. The first-order chi connectivity index (χ1) is 8.52. The van der Waals surface area contributed by atoms with E-state index in [0.29, 0.717) is 6.42 Å². The number of benzene rings is 1. The summed E-state index contributed by atoms with van der Waals surface area (Å²) in [6.45, 7) is 0.157. The van der Waals surface area contributed by atoms with E-state index >= 15 is 0 Å². The molecule has 0 aliphatic carbocycles. The highest BCUT2D eigenvalue weighted by molar-refractivity contribution is 9.10. The summed E-state index contributed by atoms with van der Waals surface area (Å²) in [5, 5.41) is 18.7. The van der Waals surface area contributed by atoms with Crippen molar-refractivity contribution in [1.82, 2.24) is 0 Å². The summed E-state index contributed by atoms with van der Waals surface area (Å²) in [7, 11) is 1.48. The van der Waals surface area contributed by atoms with Gasteiger partial charge in [0.25, 0.3) is 0 Å². The molecule has 100 valence electrons. The Labute approximate surface area is 115 Å². The summed E-state index contributed by atoms with van der Waals surface area (Å²) in [5.74, 6) is -1.50. The molecule has 0 aliphatic rings. The number of aliphatic carboxylic acids is 1. The van der Waals surface area contributed by atoms with Crippen LogP contribution in [-0.4, -0.2) is 36.0 Å². The van der Waals surface area contributed by atoms with Crippen LogP contribution in [0.25, 0.3) is 0 Å². The normalized spacial score (nSPS) is 14.2. The van der Waals surface area contributed by atoms with Gasteiger partial charge in [-0.3, -0.25) is 4.79 Å². The van der Waals surface area contributed by atoms with E-state index in [1.54, 1.807) is 0 Å². The largest absolute Gasteiger partial charge is 0.481 e. The average Bonchev–Trinajstić information content (AvgIpc) is 2.31. The van der Waals surface area contributed by atoms with Gasteiger partial charge in [-0.05, 0) is 30.5 Å². The van der Waals surface area contributed by atoms with E-state index in [4.69, 9.17) is 9.84 Å². The van der Waals surface area contributed by atoms with Crippen molar-refractivity contribution in [2.45, 2.75) is 18.9 Å². The Morgan fingerprint density at radius 3 is 2.50 bits per heavy atom. The van der Waals surface area contributed by atoms with Crippen molar-refractivity contribution < 1.29 is 19.7 Å². The number of rotatable bonds is 7. The zero-order chi connectivity index (χ0) is 13.5. The molecule has 2 atom stereocenters. The lowest BCUT2D eigenvalue weighted by Gasteiger charge is -2.16. The van der Waals surface area contributed by atoms with Gasteiger partial charge < -0.3 is 14.9 Å². The second-order valence-corrected chi connectivity index (χ2v) is 5.13. The number of ether oxygens (including phenoxy) is 1. The second-order valence-electron chi connectivity index (χ2n) is 4.21. The van der Waals surface area contributed by atoms with E-state index in [-0.39, 0.29) is 13.0 Å². The van der Waals surface area contributed by atoms with Crippen LogP contribution in [0.2, 0.25) is 0 Å². The highest BCUT2D eigenvalue weighted by Crippen LogP contribution is 2.17. The van der Waals surface area contributed by atoms with Gasteiger partial charge in [0.1, 0.15) is 0 Å². The summed E-state index contributed by atoms with van der Waals surface area (Å²) in [6, 6.07) is 7.51. The van der Waals surface area contributed by atoms with Gasteiger partial charge in [0, 0.05) is 11.6 Å². The summed E-state index contributed by atoms with van der Waals surface area (Å²) < 4.78 is 5.76. The molecule has 0 saturated carbocycles. The molecule has 5 heteroatoms. The Bertz CT molecular complexity index is 377. The summed E-state index contributed by atoms with van der Waals surface area (Å²) in [4.78, 5) is 11.1. The van der Waals surface area contributed by atoms with E-state index in [9.17, 15) is 9.90 Å². The van der Waals surface area contributed by atoms with Gasteiger partial charge in [-0.15, -0.1) is 0 Å². The lowest BCUT2D eigenvalue weighted by molar-refractivity contribution is -0.143. The molecule has 0 heterocycles. The molecule has 0 aromatic heterocycles. The minimum absolute atomic E-state index is 0.157. The van der Waals surface area contributed by atoms with E-state index in [1.165, 1.54) is 7.11 Å². The molecule has 1 aromatic rings. The number of methoxy groups -OCH3 is 1. The molecule has 0 bridgehead atoms. The van der Waals surface area contributed by atoms with Crippen molar-refractivity contribution in [2.24, 2.45) is 5.92 Å². The van der Waals surface area contributed by atoms with Crippen molar-refractivity contribution in [3.05, 3.63) is 34.3 Å². The van der Waals surface area contributed by atoms with Crippen molar-refractivity contribution in [3.8, 4) is 0 Å². The summed E-state index contributed by atoms with van der Waals surface area (Å²) in [6.07, 6.45) is -0.144. The predicted octanol–water partition coefficient (Wildman–Crippen LogP) is 2.09. The Kier molecular flexibility index (Phi) is 6.32. The quantitative estimate of drug-likeness (QED) is 0.808. The molecule has 0 aliphatic heterocycles. The summed E-state index contributed by atoms with van der Waals surface area (Å²) >= 11 is 3.33. The molecular formula is C13H17BrO4. The van der Waals surface area contributed by atoms with Crippen LogP contribution in [0.5, 0.6) is 0 Å². The zero-order valence-electron chi connectivity index (χ0n) is 10.2. The fourth-order valence-corrected chi connectivity index (χ4v) is 2.03. The molecule has 0 saturated heterocycles. The van der Waals surface area contributed by atoms with Gasteiger partial charge in [0.2, 0.25) is 0 Å². The number of carbonyl (C=O) groups is 1. The number of carboxylic acid groups (broad SMARTS) is 1. The van der Waals surface area contributed by atoms with Crippen LogP contribution >= 0.6 is 15.9 Å². The fraction of sp³-hybridized carbons (Fsp3) is 0.462. The molecule has 4 nitrogen and oxygen atoms in total. The van der Waals surface area contributed by atoms with Crippen LogP contribution in [0.3, 0.4) is 0 Å². The third-order valence-corrected chi connectivity index (χ3v) is 3.19. The third-order valence-electron chi connectivity index (χ3n) is 2.66. The van der Waals surface area contributed by atoms with Gasteiger partial charge in [0.05, 0.1) is 18.6 Å². The molecule has 0 radical (unpaired) electrons. The highest BCUT2D eigenvalue weighted by Gasteiger charge is 2.21. The molecule has 1 aromatic carbocycles. The minimum atomic E-state index is -0.895. The number of hydrogen-bond donors (Lipinski definition) is 2. The summed E-state index contributed by atoms with van der Waals surface area (Å²) in [5.41, 5.74) is 0.940. The molecule has 0 spiro atoms. The van der Waals surface area contributed by atoms with E-state index < -0.39 is 18.0 Å². The van der Waals surface area contributed by atoms with Crippen molar-refractivity contribution in [3.63, 3.8) is 0 Å². The van der Waals surface area contributed by atoms with Crippen molar-refractivity contribution in [2.75, 3.05) is 13.7 Å². The van der Waals surface area contributed by atoms with Crippen LogP contribution in [0, 0.1) is 5.92 Å². The number of aliphatic hydroxyl groups excluding tert-OH is 1. The van der Waals surface area contributed by atoms with Crippen LogP contribution < -0.4 is 0 Å². The third kappa shape index (κ3) is 5.16. The lowest BCUT2D eigenvalue weighted by atomic mass is 9.94. The standard InChI is InChI=1S/C13H17BrO4/c1-18-8-12(15)7-10(13(16)17)6-9-2-4-11(14)5-3-9/h2-5,10,12,15H,6-8H2,1H3,(H,16,17). The highest BCUT2D eigenvalue weighted by atomic mass is 79.9. The molecule has 18 heavy (non-hydrogen) atoms. The topological polar surface area (TPSA) is 66.8 Å². The van der Waals surface area contributed by atoms with Crippen molar-refractivity contribution >= 4 is 21.9 Å². The second kappa shape index (κ2) is 7.51. The number of aliphatic hydroxyl groups is 1. The van der Waals surface area contributed by atoms with Crippen LogP contribution in [0.15, 0.2) is 28.7 Å². The Morgan fingerprint density at radius 1 is 1.39 bits per heavy atom. The lowest BCUT2D eigenvalue weighted by Crippen LogP contribution is -2.25. The Hall–Kier alpha value is -0.910. The first-order valence-electron chi connectivity index (χ1n) is 5.67. The van der Waals surface area contributed by atoms with Crippen LogP contribution in [-0.2, 0) is 16.0 Å². The van der Waals surface area contributed by atoms with Gasteiger partial charge >= 0.3 is 5.97 Å². The smallest absolute Gasteiger partial charge is 0.306 e.